The molecular weight excluding hydrogens is 190 g/mol. The van der Waals surface area contributed by atoms with E-state index in [1.165, 1.54) is 5.56 Å². The van der Waals surface area contributed by atoms with Crippen LogP contribution in [-0.2, 0) is 0 Å². The molecule has 0 spiro atoms. The number of likely N-dealkylation sites (N-methyl/N-ethyl adjacent to an activating group) is 1. The summed E-state index contributed by atoms with van der Waals surface area (Å²) in [6, 6.07) is 6.18. The molecule has 1 aromatic carbocycles. The molecule has 1 aliphatic heterocycles. The highest BCUT2D eigenvalue weighted by Crippen LogP contribution is 2.32. The second-order valence-corrected chi connectivity index (χ2v) is 3.86. The van der Waals surface area contributed by atoms with Gasteiger partial charge in [0, 0.05) is 6.54 Å². The van der Waals surface area contributed by atoms with Gasteiger partial charge in [0.25, 0.3) is 0 Å². The molecule has 1 N–H and O–H groups in total. The van der Waals surface area contributed by atoms with E-state index in [9.17, 15) is 0 Å². The average molecular weight is 207 g/mol. The van der Waals surface area contributed by atoms with Gasteiger partial charge in [0.2, 0.25) is 0 Å². The number of fused-ring (bicyclic) bond motifs is 1. The quantitative estimate of drug-likeness (QED) is 0.819. The van der Waals surface area contributed by atoms with E-state index in [2.05, 4.69) is 24.4 Å². The van der Waals surface area contributed by atoms with Crippen molar-refractivity contribution in [2.24, 2.45) is 0 Å². The monoisotopic (exact) mass is 207 g/mol. The summed E-state index contributed by atoms with van der Waals surface area (Å²) < 4.78 is 11.0. The predicted octanol–water partition coefficient (Wildman–Crippen LogP) is 1.78. The van der Waals surface area contributed by atoms with Crippen molar-refractivity contribution in [3.8, 4) is 11.5 Å². The van der Waals surface area contributed by atoms with E-state index < -0.39 is 0 Å². The molecule has 15 heavy (non-hydrogen) atoms. The Bertz CT molecular complexity index is 338. The first-order chi connectivity index (χ1) is 7.31. The minimum absolute atomic E-state index is 0.492. The van der Waals surface area contributed by atoms with Gasteiger partial charge < -0.3 is 14.8 Å². The summed E-state index contributed by atoms with van der Waals surface area (Å²) in [6.45, 7) is 4.47. The van der Waals surface area contributed by atoms with Crippen molar-refractivity contribution in [2.75, 3.05) is 26.8 Å². The number of hydrogen-bond acceptors (Lipinski definition) is 3. The lowest BCUT2D eigenvalue weighted by atomic mass is 10.0. The topological polar surface area (TPSA) is 30.5 Å². The van der Waals surface area contributed by atoms with Gasteiger partial charge in [-0.15, -0.1) is 0 Å². The zero-order valence-corrected chi connectivity index (χ0v) is 9.25. The fourth-order valence-corrected chi connectivity index (χ4v) is 1.79. The lowest BCUT2D eigenvalue weighted by Crippen LogP contribution is -2.17. The van der Waals surface area contributed by atoms with Crippen LogP contribution in [0.2, 0.25) is 0 Å². The molecule has 1 aliphatic rings. The van der Waals surface area contributed by atoms with Gasteiger partial charge in [-0.3, -0.25) is 0 Å². The van der Waals surface area contributed by atoms with Crippen LogP contribution >= 0.6 is 0 Å². The third kappa shape index (κ3) is 2.23. The fraction of sp³-hybridized carbons (Fsp3) is 0.500. The van der Waals surface area contributed by atoms with E-state index in [-0.39, 0.29) is 0 Å². The van der Waals surface area contributed by atoms with Crippen LogP contribution in [0.15, 0.2) is 18.2 Å². The Labute approximate surface area is 90.4 Å². The van der Waals surface area contributed by atoms with Crippen molar-refractivity contribution < 1.29 is 9.47 Å². The maximum atomic E-state index is 5.55. The highest BCUT2D eigenvalue weighted by molar-refractivity contribution is 5.44. The van der Waals surface area contributed by atoms with Crippen LogP contribution in [0.1, 0.15) is 18.4 Å². The van der Waals surface area contributed by atoms with Crippen LogP contribution in [0.25, 0.3) is 0 Å². The second kappa shape index (κ2) is 4.53. The zero-order chi connectivity index (χ0) is 10.7. The molecule has 0 aliphatic carbocycles. The van der Waals surface area contributed by atoms with Crippen molar-refractivity contribution in [1.29, 1.82) is 0 Å². The van der Waals surface area contributed by atoms with Gasteiger partial charge in [-0.2, -0.15) is 0 Å². The Hall–Kier alpha value is -1.22. The smallest absolute Gasteiger partial charge is 0.161 e. The van der Waals surface area contributed by atoms with Crippen molar-refractivity contribution in [1.82, 2.24) is 5.32 Å². The van der Waals surface area contributed by atoms with Crippen molar-refractivity contribution in [3.63, 3.8) is 0 Å². The van der Waals surface area contributed by atoms with E-state index in [1.54, 1.807) is 0 Å². The van der Waals surface area contributed by atoms with E-state index in [1.807, 2.05) is 13.1 Å². The minimum Gasteiger partial charge on any atom is -0.486 e. The van der Waals surface area contributed by atoms with Gasteiger partial charge in [0.1, 0.15) is 13.2 Å². The fourth-order valence-electron chi connectivity index (χ4n) is 1.79. The molecule has 1 unspecified atom stereocenters. The van der Waals surface area contributed by atoms with Crippen LogP contribution in [-0.4, -0.2) is 26.8 Å². The summed E-state index contributed by atoms with van der Waals surface area (Å²) in [5, 5.41) is 3.17. The molecule has 1 atom stereocenters. The highest BCUT2D eigenvalue weighted by atomic mass is 16.6. The average Bonchev–Trinajstić information content (AvgIpc) is 2.29. The summed E-state index contributed by atoms with van der Waals surface area (Å²) in [7, 11) is 1.97. The summed E-state index contributed by atoms with van der Waals surface area (Å²) in [6.07, 6.45) is 0. The van der Waals surface area contributed by atoms with Crippen molar-refractivity contribution in [3.05, 3.63) is 23.8 Å². The Balaban J connectivity index is 2.20. The number of benzene rings is 1. The van der Waals surface area contributed by atoms with Crippen LogP contribution in [0.4, 0.5) is 0 Å². The standard InChI is InChI=1S/C12H17NO2/c1-9(8-13-2)10-3-4-11-12(7-10)15-6-5-14-11/h3-4,7,9,13H,5-6,8H2,1-2H3. The van der Waals surface area contributed by atoms with Gasteiger partial charge in [0.15, 0.2) is 11.5 Å². The molecule has 3 nitrogen and oxygen atoms in total. The first kappa shape index (κ1) is 10.3. The minimum atomic E-state index is 0.492. The first-order valence-electron chi connectivity index (χ1n) is 5.35. The second-order valence-electron chi connectivity index (χ2n) is 3.86. The lowest BCUT2D eigenvalue weighted by Gasteiger charge is -2.20. The van der Waals surface area contributed by atoms with Crippen LogP contribution < -0.4 is 14.8 Å². The summed E-state index contributed by atoms with van der Waals surface area (Å²) in [4.78, 5) is 0. The normalized spacial score (nSPS) is 16.1. The zero-order valence-electron chi connectivity index (χ0n) is 9.25. The number of nitrogens with one attached hydrogen (secondary N) is 1. The van der Waals surface area contributed by atoms with E-state index in [0.29, 0.717) is 19.1 Å². The summed E-state index contributed by atoms with van der Waals surface area (Å²) >= 11 is 0. The van der Waals surface area contributed by atoms with Gasteiger partial charge in [-0.25, -0.2) is 0 Å². The van der Waals surface area contributed by atoms with Crippen molar-refractivity contribution in [2.45, 2.75) is 12.8 Å². The molecule has 82 valence electrons. The summed E-state index contributed by atoms with van der Waals surface area (Å²) in [5.74, 6) is 2.23. The van der Waals surface area contributed by atoms with E-state index in [0.717, 1.165) is 18.0 Å². The van der Waals surface area contributed by atoms with Gasteiger partial charge >= 0.3 is 0 Å². The first-order valence-corrected chi connectivity index (χ1v) is 5.35. The van der Waals surface area contributed by atoms with Gasteiger partial charge in [-0.05, 0) is 30.7 Å². The molecule has 0 radical (unpaired) electrons. The third-order valence-electron chi connectivity index (χ3n) is 2.65. The number of rotatable bonds is 3. The maximum Gasteiger partial charge on any atom is 0.161 e. The molecule has 0 amide bonds. The molecule has 1 heterocycles. The molecular formula is C12H17NO2. The number of ether oxygens (including phenoxy) is 2. The van der Waals surface area contributed by atoms with Crippen molar-refractivity contribution >= 4 is 0 Å². The maximum absolute atomic E-state index is 5.55. The molecule has 0 saturated carbocycles. The molecule has 0 saturated heterocycles. The third-order valence-corrected chi connectivity index (χ3v) is 2.65. The Kier molecular flexibility index (Phi) is 3.11. The largest absolute Gasteiger partial charge is 0.486 e. The Morgan fingerprint density at radius 2 is 2.00 bits per heavy atom. The molecule has 0 aromatic heterocycles. The highest BCUT2D eigenvalue weighted by Gasteiger charge is 2.13. The SMILES string of the molecule is CNCC(C)c1ccc2c(c1)OCCO2. The van der Waals surface area contributed by atoms with Crippen LogP contribution in [0.3, 0.4) is 0 Å². The van der Waals surface area contributed by atoms with E-state index >= 15 is 0 Å². The molecule has 1 aromatic rings. The van der Waals surface area contributed by atoms with E-state index in [4.69, 9.17) is 9.47 Å². The van der Waals surface area contributed by atoms with Gasteiger partial charge in [0.05, 0.1) is 0 Å². The predicted molar refractivity (Wildman–Crippen MR) is 59.8 cm³/mol. The Morgan fingerprint density at radius 1 is 1.27 bits per heavy atom. The molecule has 0 bridgehead atoms. The molecule has 0 fully saturated rings. The van der Waals surface area contributed by atoms with Crippen LogP contribution in [0, 0.1) is 0 Å². The lowest BCUT2D eigenvalue weighted by molar-refractivity contribution is 0.171. The number of hydrogen-bond donors (Lipinski definition) is 1. The summed E-state index contributed by atoms with van der Waals surface area (Å²) in [5.41, 5.74) is 1.29. The molecule has 2 rings (SSSR count). The molecule has 3 heteroatoms. The van der Waals surface area contributed by atoms with Crippen LogP contribution in [0.5, 0.6) is 11.5 Å². The van der Waals surface area contributed by atoms with Gasteiger partial charge in [-0.1, -0.05) is 13.0 Å². The Morgan fingerprint density at radius 3 is 2.73 bits per heavy atom.